The summed E-state index contributed by atoms with van der Waals surface area (Å²) in [6.07, 6.45) is 6.06. The van der Waals surface area contributed by atoms with Crippen LogP contribution in [-0.4, -0.2) is 67.0 Å². The summed E-state index contributed by atoms with van der Waals surface area (Å²) in [4.78, 5) is 15.1. The van der Waals surface area contributed by atoms with E-state index in [0.29, 0.717) is 12.2 Å². The molecule has 0 bridgehead atoms. The molecule has 176 valence electrons. The Labute approximate surface area is 195 Å². The first kappa shape index (κ1) is 22.4. The first-order chi connectivity index (χ1) is 16.1. The van der Waals surface area contributed by atoms with E-state index in [0.717, 1.165) is 70.5 Å². The van der Waals surface area contributed by atoms with Crippen molar-refractivity contribution in [1.29, 1.82) is 0 Å². The first-order valence-electron chi connectivity index (χ1n) is 12.3. The van der Waals surface area contributed by atoms with Crippen LogP contribution in [0.3, 0.4) is 0 Å². The summed E-state index contributed by atoms with van der Waals surface area (Å²) in [7, 11) is 0. The van der Waals surface area contributed by atoms with Gasteiger partial charge in [-0.05, 0) is 79.5 Å². The molecule has 0 unspecified atom stereocenters. The van der Waals surface area contributed by atoms with Crippen molar-refractivity contribution in [2.24, 2.45) is 0 Å². The monoisotopic (exact) mass is 450 g/mol. The van der Waals surface area contributed by atoms with Gasteiger partial charge >= 0.3 is 0 Å². The third-order valence-electron chi connectivity index (χ3n) is 7.07. The summed E-state index contributed by atoms with van der Waals surface area (Å²) in [6.45, 7) is 4.00. The van der Waals surface area contributed by atoms with Gasteiger partial charge in [-0.25, -0.2) is 0 Å². The second kappa shape index (κ2) is 10.2. The van der Waals surface area contributed by atoms with Crippen LogP contribution in [0.1, 0.15) is 46.3 Å². The molecule has 2 atom stereocenters. The van der Waals surface area contributed by atoms with Crippen LogP contribution < -0.4 is 10.1 Å². The number of carbonyl (C=O) groups excluding carboxylic acids is 1. The number of carbonyl (C=O) groups is 1. The zero-order chi connectivity index (χ0) is 22.6. The second-order valence-electron chi connectivity index (χ2n) is 9.65. The molecule has 1 amide bonds. The minimum absolute atomic E-state index is 0.0255. The topological polar surface area (TPSA) is 71.0 Å². The molecule has 2 aromatic carbocycles. The zero-order valence-electron chi connectivity index (χ0n) is 19.2. The molecule has 6 nitrogen and oxygen atoms in total. The number of nitrogens with one attached hydrogen (secondary N) is 1. The number of ether oxygens (including phenoxy) is 2. The van der Waals surface area contributed by atoms with Gasteiger partial charge in [-0.3, -0.25) is 9.69 Å². The van der Waals surface area contributed by atoms with Crippen molar-refractivity contribution < 1.29 is 19.4 Å². The highest BCUT2D eigenvalue weighted by molar-refractivity contribution is 5.94. The highest BCUT2D eigenvalue weighted by atomic mass is 16.5. The highest BCUT2D eigenvalue weighted by Gasteiger charge is 2.24. The Balaban J connectivity index is 1.10. The maximum absolute atomic E-state index is 12.8. The number of aliphatic hydroxyl groups is 1. The number of aliphatic hydroxyl groups excluding tert-OH is 1. The van der Waals surface area contributed by atoms with Gasteiger partial charge in [0.1, 0.15) is 12.4 Å². The Morgan fingerprint density at radius 2 is 1.97 bits per heavy atom. The van der Waals surface area contributed by atoms with E-state index in [1.54, 1.807) is 0 Å². The van der Waals surface area contributed by atoms with Gasteiger partial charge in [0.05, 0.1) is 12.2 Å². The Morgan fingerprint density at radius 1 is 1.12 bits per heavy atom. The van der Waals surface area contributed by atoms with E-state index in [-0.39, 0.29) is 24.2 Å². The van der Waals surface area contributed by atoms with Gasteiger partial charge in [-0.15, -0.1) is 0 Å². The van der Waals surface area contributed by atoms with E-state index in [9.17, 15) is 9.90 Å². The fraction of sp³-hybridized carbons (Fsp3) is 0.519. The molecule has 2 N–H and O–H groups in total. The third-order valence-corrected chi connectivity index (χ3v) is 7.07. The number of aryl methyl sites for hydroxylation is 1. The number of nitrogens with zero attached hydrogens (tertiary/aromatic N) is 1. The summed E-state index contributed by atoms with van der Waals surface area (Å²) in [5, 5.41) is 12.6. The van der Waals surface area contributed by atoms with Crippen molar-refractivity contribution in [3.05, 3.63) is 64.7 Å². The summed E-state index contributed by atoms with van der Waals surface area (Å²) in [6, 6.07) is 14.3. The minimum Gasteiger partial charge on any atom is -0.491 e. The minimum atomic E-state index is -0.136. The number of likely N-dealkylation sites (tertiary alicyclic amines) is 1. The van der Waals surface area contributed by atoms with Gasteiger partial charge in [0, 0.05) is 37.8 Å². The maximum atomic E-state index is 12.8. The highest BCUT2D eigenvalue weighted by Crippen LogP contribution is 2.24. The molecule has 0 spiro atoms. The Kier molecular flexibility index (Phi) is 6.95. The molecular formula is C27H34N2O4. The molecule has 0 saturated carbocycles. The molecule has 2 aliphatic heterocycles. The lowest BCUT2D eigenvalue weighted by atomic mass is 9.86. The maximum Gasteiger partial charge on any atom is 0.251 e. The van der Waals surface area contributed by atoms with Crippen LogP contribution in [0.4, 0.5) is 0 Å². The summed E-state index contributed by atoms with van der Waals surface area (Å²) in [5.74, 6) is 0.747. The standard InChI is InChI=1S/C27H34N2O4/c30-24-16-29(17-24)12-11-19-3-4-22-15-23(8-5-21(22)14-19)28-27(31)20-6-9-25(10-7-20)33-18-26-2-1-13-32-26/h3-4,6-7,9-10,14,23-24,26,30H,1-2,5,8,11-13,15-18H2,(H,28,31)/t23-,26-/m0/s1. The number of hydrogen-bond acceptors (Lipinski definition) is 5. The Bertz CT molecular complexity index is 949. The van der Waals surface area contributed by atoms with Gasteiger partial charge < -0.3 is 19.9 Å². The number of amides is 1. The van der Waals surface area contributed by atoms with Crippen LogP contribution in [0.2, 0.25) is 0 Å². The summed E-state index contributed by atoms with van der Waals surface area (Å²) >= 11 is 0. The lowest BCUT2D eigenvalue weighted by Gasteiger charge is -2.35. The predicted octanol–water partition coefficient (Wildman–Crippen LogP) is 2.75. The van der Waals surface area contributed by atoms with Gasteiger partial charge in [0.2, 0.25) is 0 Å². The normalized spacial score (nSPS) is 23.1. The van der Waals surface area contributed by atoms with Gasteiger partial charge in [0.25, 0.3) is 5.91 Å². The van der Waals surface area contributed by atoms with Crippen LogP contribution in [0.25, 0.3) is 0 Å². The number of fused-ring (bicyclic) bond motifs is 1. The van der Waals surface area contributed by atoms with E-state index in [1.807, 2.05) is 24.3 Å². The van der Waals surface area contributed by atoms with E-state index in [1.165, 1.54) is 16.7 Å². The average molecular weight is 451 g/mol. The molecule has 2 saturated heterocycles. The lowest BCUT2D eigenvalue weighted by molar-refractivity contribution is 0.00310. The van der Waals surface area contributed by atoms with Crippen LogP contribution in [-0.2, 0) is 24.0 Å². The summed E-state index contributed by atoms with van der Waals surface area (Å²) < 4.78 is 11.4. The van der Waals surface area contributed by atoms with Crippen molar-refractivity contribution in [2.45, 2.75) is 56.8 Å². The van der Waals surface area contributed by atoms with Crippen molar-refractivity contribution in [3.8, 4) is 5.75 Å². The van der Waals surface area contributed by atoms with Gasteiger partial charge in [-0.2, -0.15) is 0 Å². The molecule has 2 aromatic rings. The molecule has 1 aliphatic carbocycles. The molecule has 6 heteroatoms. The fourth-order valence-electron chi connectivity index (χ4n) is 5.04. The van der Waals surface area contributed by atoms with E-state index < -0.39 is 0 Å². The molecule has 2 heterocycles. The molecule has 3 aliphatic rings. The molecule has 0 radical (unpaired) electrons. The molecule has 0 aromatic heterocycles. The Morgan fingerprint density at radius 3 is 2.73 bits per heavy atom. The van der Waals surface area contributed by atoms with Crippen LogP contribution in [0, 0.1) is 0 Å². The predicted molar refractivity (Wildman–Crippen MR) is 127 cm³/mol. The van der Waals surface area contributed by atoms with Crippen molar-refractivity contribution >= 4 is 5.91 Å². The van der Waals surface area contributed by atoms with Crippen molar-refractivity contribution in [1.82, 2.24) is 10.2 Å². The molecule has 2 fully saturated rings. The van der Waals surface area contributed by atoms with Gasteiger partial charge in [0.15, 0.2) is 0 Å². The van der Waals surface area contributed by atoms with Crippen LogP contribution >= 0.6 is 0 Å². The third kappa shape index (κ3) is 5.75. The van der Waals surface area contributed by atoms with E-state index >= 15 is 0 Å². The average Bonchev–Trinajstić information content (AvgIpc) is 3.34. The van der Waals surface area contributed by atoms with E-state index in [4.69, 9.17) is 9.47 Å². The van der Waals surface area contributed by atoms with Crippen molar-refractivity contribution in [3.63, 3.8) is 0 Å². The number of benzene rings is 2. The fourth-order valence-corrected chi connectivity index (χ4v) is 5.04. The van der Waals surface area contributed by atoms with Gasteiger partial charge in [-0.1, -0.05) is 18.2 Å². The number of β-amino-alcohol motifs (C(OH)–C–C–N with tert-alkyl or cyclic N) is 1. The zero-order valence-corrected chi connectivity index (χ0v) is 19.2. The number of rotatable bonds is 8. The first-order valence-corrected chi connectivity index (χ1v) is 12.3. The molecule has 33 heavy (non-hydrogen) atoms. The smallest absolute Gasteiger partial charge is 0.251 e. The second-order valence-corrected chi connectivity index (χ2v) is 9.65. The summed E-state index contributed by atoms with van der Waals surface area (Å²) in [5.41, 5.74) is 4.78. The SMILES string of the molecule is O=C(N[C@H]1CCc2cc(CCN3CC(O)C3)ccc2C1)c1ccc(OC[C@@H]2CCCO2)cc1. The quantitative estimate of drug-likeness (QED) is 0.647. The number of hydrogen-bond donors (Lipinski definition) is 2. The molecule has 5 rings (SSSR count). The molecular weight excluding hydrogens is 416 g/mol. The van der Waals surface area contributed by atoms with E-state index in [2.05, 4.69) is 28.4 Å². The Hall–Kier alpha value is -2.41. The van der Waals surface area contributed by atoms with Crippen LogP contribution in [0.15, 0.2) is 42.5 Å². The lowest BCUT2D eigenvalue weighted by Crippen LogP contribution is -2.51. The van der Waals surface area contributed by atoms with Crippen LogP contribution in [0.5, 0.6) is 5.75 Å². The van der Waals surface area contributed by atoms with Crippen molar-refractivity contribution in [2.75, 3.05) is 32.8 Å². The largest absolute Gasteiger partial charge is 0.491 e.